The lowest BCUT2D eigenvalue weighted by molar-refractivity contribution is -0.122. The van der Waals surface area contributed by atoms with Crippen molar-refractivity contribution in [2.45, 2.75) is 39.5 Å². The predicted molar refractivity (Wildman–Crippen MR) is 58.0 cm³/mol. The van der Waals surface area contributed by atoms with E-state index in [2.05, 4.69) is 0 Å². The van der Waals surface area contributed by atoms with Crippen molar-refractivity contribution >= 4 is 15.6 Å². The third-order valence-electron chi connectivity index (χ3n) is 2.08. The van der Waals surface area contributed by atoms with Gasteiger partial charge in [0, 0.05) is 24.3 Å². The van der Waals surface area contributed by atoms with Gasteiger partial charge in [0.2, 0.25) is 0 Å². The second-order valence-electron chi connectivity index (χ2n) is 4.06. The summed E-state index contributed by atoms with van der Waals surface area (Å²) in [6, 6.07) is 0. The van der Waals surface area contributed by atoms with Crippen molar-refractivity contribution in [3.8, 4) is 0 Å². The quantitative estimate of drug-likeness (QED) is 0.615. The standard InChI is InChI=1S/C10H20O3S/c1-9(2)10(11)7-5-4-6-8-14(3,12)13/h9H,4-8H2,1-3H3. The Bertz CT molecular complexity index is 265. The fraction of sp³-hybridized carbons (Fsp3) is 0.900. The maximum atomic E-state index is 11.2. The molecule has 0 radical (unpaired) electrons. The highest BCUT2D eigenvalue weighted by molar-refractivity contribution is 7.90. The fourth-order valence-electron chi connectivity index (χ4n) is 1.13. The molecule has 0 atom stereocenters. The van der Waals surface area contributed by atoms with Crippen molar-refractivity contribution in [1.82, 2.24) is 0 Å². The number of hydrogen-bond donors (Lipinski definition) is 0. The van der Waals surface area contributed by atoms with Crippen molar-refractivity contribution in [1.29, 1.82) is 0 Å². The van der Waals surface area contributed by atoms with Gasteiger partial charge in [-0.1, -0.05) is 20.3 Å². The minimum absolute atomic E-state index is 0.102. The van der Waals surface area contributed by atoms with E-state index < -0.39 is 9.84 Å². The Labute approximate surface area is 86.8 Å². The summed E-state index contributed by atoms with van der Waals surface area (Å²) in [5.74, 6) is 0.609. The van der Waals surface area contributed by atoms with Crippen LogP contribution in [0.1, 0.15) is 39.5 Å². The van der Waals surface area contributed by atoms with E-state index in [1.165, 1.54) is 6.26 Å². The van der Waals surface area contributed by atoms with Crippen LogP contribution in [-0.2, 0) is 14.6 Å². The summed E-state index contributed by atoms with van der Waals surface area (Å²) in [5, 5.41) is 0. The molecule has 14 heavy (non-hydrogen) atoms. The van der Waals surface area contributed by atoms with Crippen LogP contribution in [0.4, 0.5) is 0 Å². The number of rotatable bonds is 7. The van der Waals surface area contributed by atoms with E-state index in [9.17, 15) is 13.2 Å². The normalized spacial score (nSPS) is 12.0. The molecule has 0 N–H and O–H groups in total. The van der Waals surface area contributed by atoms with E-state index in [-0.39, 0.29) is 17.5 Å². The third kappa shape index (κ3) is 8.23. The van der Waals surface area contributed by atoms with Crippen LogP contribution < -0.4 is 0 Å². The van der Waals surface area contributed by atoms with Crippen LogP contribution in [0.25, 0.3) is 0 Å². The molecule has 0 amide bonds. The summed E-state index contributed by atoms with van der Waals surface area (Å²) in [7, 11) is -2.83. The van der Waals surface area contributed by atoms with E-state index in [0.29, 0.717) is 12.8 Å². The Hall–Kier alpha value is -0.380. The number of ketones is 1. The highest BCUT2D eigenvalue weighted by Gasteiger charge is 2.06. The highest BCUT2D eigenvalue weighted by Crippen LogP contribution is 2.06. The van der Waals surface area contributed by atoms with Crippen molar-refractivity contribution in [3.05, 3.63) is 0 Å². The molecular formula is C10H20O3S. The molecule has 0 spiro atoms. The average Bonchev–Trinajstić information content (AvgIpc) is 2.01. The van der Waals surface area contributed by atoms with E-state index in [1.807, 2.05) is 13.8 Å². The minimum atomic E-state index is -2.83. The van der Waals surface area contributed by atoms with E-state index in [4.69, 9.17) is 0 Å². The van der Waals surface area contributed by atoms with Crippen LogP contribution in [0, 0.1) is 5.92 Å². The largest absolute Gasteiger partial charge is 0.299 e. The molecule has 0 aromatic carbocycles. The van der Waals surface area contributed by atoms with Crippen molar-refractivity contribution in [2.75, 3.05) is 12.0 Å². The van der Waals surface area contributed by atoms with Gasteiger partial charge in [-0.25, -0.2) is 8.42 Å². The van der Waals surface area contributed by atoms with E-state index in [0.717, 1.165) is 12.8 Å². The van der Waals surface area contributed by atoms with Gasteiger partial charge in [0.25, 0.3) is 0 Å². The lowest BCUT2D eigenvalue weighted by Gasteiger charge is -2.03. The zero-order valence-electron chi connectivity index (χ0n) is 9.25. The smallest absolute Gasteiger partial charge is 0.147 e. The zero-order valence-corrected chi connectivity index (χ0v) is 10.1. The number of carbonyl (C=O) groups excluding carboxylic acids is 1. The van der Waals surface area contributed by atoms with Gasteiger partial charge < -0.3 is 0 Å². The maximum Gasteiger partial charge on any atom is 0.147 e. The summed E-state index contributed by atoms with van der Waals surface area (Å²) in [6.45, 7) is 3.78. The second-order valence-corrected chi connectivity index (χ2v) is 6.32. The van der Waals surface area contributed by atoms with Gasteiger partial charge in [-0.3, -0.25) is 4.79 Å². The van der Waals surface area contributed by atoms with Crippen molar-refractivity contribution in [3.63, 3.8) is 0 Å². The molecule has 0 saturated heterocycles. The Morgan fingerprint density at radius 1 is 1.14 bits per heavy atom. The van der Waals surface area contributed by atoms with Gasteiger partial charge in [0.1, 0.15) is 15.6 Å². The first kappa shape index (κ1) is 13.6. The topological polar surface area (TPSA) is 51.2 Å². The van der Waals surface area contributed by atoms with Crippen LogP contribution in [0.15, 0.2) is 0 Å². The summed E-state index contributed by atoms with van der Waals surface area (Å²) in [5.41, 5.74) is 0. The first-order chi connectivity index (χ1) is 6.33. The lowest BCUT2D eigenvalue weighted by Crippen LogP contribution is -2.07. The number of carbonyl (C=O) groups is 1. The van der Waals surface area contributed by atoms with Gasteiger partial charge in [-0.2, -0.15) is 0 Å². The second kappa shape index (κ2) is 6.17. The monoisotopic (exact) mass is 220 g/mol. The summed E-state index contributed by atoms with van der Waals surface area (Å²) < 4.78 is 21.5. The van der Waals surface area contributed by atoms with Gasteiger partial charge in [-0.05, 0) is 12.8 Å². The summed E-state index contributed by atoms with van der Waals surface area (Å²) >= 11 is 0. The van der Waals surface area contributed by atoms with Gasteiger partial charge in [-0.15, -0.1) is 0 Å². The maximum absolute atomic E-state index is 11.2. The zero-order chi connectivity index (χ0) is 11.2. The van der Waals surface area contributed by atoms with Gasteiger partial charge in [0.05, 0.1) is 0 Å². The molecular weight excluding hydrogens is 200 g/mol. The molecule has 0 aliphatic carbocycles. The first-order valence-corrected chi connectivity index (χ1v) is 7.09. The van der Waals surface area contributed by atoms with Crippen LogP contribution in [-0.4, -0.2) is 26.2 Å². The molecule has 0 aromatic rings. The Morgan fingerprint density at radius 2 is 1.71 bits per heavy atom. The van der Waals surface area contributed by atoms with Crippen LogP contribution >= 0.6 is 0 Å². The Kier molecular flexibility index (Phi) is 6.00. The molecule has 84 valence electrons. The summed E-state index contributed by atoms with van der Waals surface area (Å²) in [6.07, 6.45) is 4.13. The van der Waals surface area contributed by atoms with E-state index in [1.54, 1.807) is 0 Å². The molecule has 0 fully saturated rings. The van der Waals surface area contributed by atoms with Crippen LogP contribution in [0.2, 0.25) is 0 Å². The third-order valence-corrected chi connectivity index (χ3v) is 3.11. The van der Waals surface area contributed by atoms with Gasteiger partial charge >= 0.3 is 0 Å². The number of unbranched alkanes of at least 4 members (excludes halogenated alkanes) is 2. The average molecular weight is 220 g/mol. The van der Waals surface area contributed by atoms with Crippen LogP contribution in [0.5, 0.6) is 0 Å². The fourth-order valence-corrected chi connectivity index (χ4v) is 1.86. The molecule has 0 heterocycles. The van der Waals surface area contributed by atoms with Crippen molar-refractivity contribution in [2.24, 2.45) is 5.92 Å². The molecule has 0 aliphatic rings. The molecule has 0 aliphatic heterocycles. The molecule has 0 bridgehead atoms. The summed E-state index contributed by atoms with van der Waals surface area (Å²) in [4.78, 5) is 11.2. The van der Waals surface area contributed by atoms with Crippen LogP contribution in [0.3, 0.4) is 0 Å². The molecule has 0 rings (SSSR count). The SMILES string of the molecule is CC(C)C(=O)CCCCCS(C)(=O)=O. The lowest BCUT2D eigenvalue weighted by atomic mass is 10.0. The minimum Gasteiger partial charge on any atom is -0.299 e. The highest BCUT2D eigenvalue weighted by atomic mass is 32.2. The number of sulfone groups is 1. The van der Waals surface area contributed by atoms with E-state index >= 15 is 0 Å². The molecule has 4 heteroatoms. The molecule has 0 unspecified atom stereocenters. The number of Topliss-reactive ketones (excluding diaryl/α,β-unsaturated/α-hetero) is 1. The Balaban J connectivity index is 3.44. The first-order valence-electron chi connectivity index (χ1n) is 5.03. The molecule has 3 nitrogen and oxygen atoms in total. The molecule has 0 saturated carbocycles. The Morgan fingerprint density at radius 3 is 2.14 bits per heavy atom. The number of hydrogen-bond acceptors (Lipinski definition) is 3. The molecule has 0 aromatic heterocycles. The van der Waals surface area contributed by atoms with Crippen molar-refractivity contribution < 1.29 is 13.2 Å². The van der Waals surface area contributed by atoms with Gasteiger partial charge in [0.15, 0.2) is 0 Å². The predicted octanol–water partition coefficient (Wildman–Crippen LogP) is 1.82.